The minimum atomic E-state index is 0.215. The second kappa shape index (κ2) is 5.09. The van der Waals surface area contributed by atoms with Crippen LogP contribution in [0.5, 0.6) is 11.5 Å². The molecule has 1 aromatic rings. The van der Waals surface area contributed by atoms with Gasteiger partial charge in [-0.05, 0) is 17.7 Å². The first kappa shape index (κ1) is 11.1. The van der Waals surface area contributed by atoms with E-state index in [2.05, 4.69) is 15.9 Å². The van der Waals surface area contributed by atoms with Gasteiger partial charge in [-0.1, -0.05) is 15.9 Å². The summed E-state index contributed by atoms with van der Waals surface area (Å²) in [5.41, 5.74) is 1.16. The van der Waals surface area contributed by atoms with E-state index in [-0.39, 0.29) is 6.61 Å². The number of halogens is 1. The first-order valence-electron chi connectivity index (χ1n) is 4.58. The topological polar surface area (TPSA) is 38.7 Å². The van der Waals surface area contributed by atoms with Gasteiger partial charge in [-0.2, -0.15) is 11.8 Å². The number of thioether (sulfide) groups is 1. The van der Waals surface area contributed by atoms with Crippen LogP contribution in [0.4, 0.5) is 0 Å². The van der Waals surface area contributed by atoms with E-state index in [1.807, 2.05) is 12.1 Å². The van der Waals surface area contributed by atoms with E-state index in [1.54, 1.807) is 11.8 Å². The summed E-state index contributed by atoms with van der Waals surface area (Å²) in [6.45, 7) is 0.516. The lowest BCUT2D eigenvalue weighted by molar-refractivity contribution is 0.174. The first-order chi connectivity index (χ1) is 7.31. The Kier molecular flexibility index (Phi) is 3.77. The van der Waals surface area contributed by atoms with Crippen molar-refractivity contribution < 1.29 is 14.6 Å². The molecule has 0 aromatic heterocycles. The second-order valence-electron chi connectivity index (χ2n) is 3.07. The van der Waals surface area contributed by atoms with Gasteiger partial charge in [0.25, 0.3) is 0 Å². The van der Waals surface area contributed by atoms with Crippen LogP contribution in [0.3, 0.4) is 0 Å². The Morgan fingerprint density at radius 1 is 1.33 bits per heavy atom. The zero-order valence-corrected chi connectivity index (χ0v) is 10.4. The minimum absolute atomic E-state index is 0.215. The molecule has 82 valence electrons. The van der Waals surface area contributed by atoms with Crippen LogP contribution in [-0.2, 0) is 5.75 Å². The maximum atomic E-state index is 8.69. The van der Waals surface area contributed by atoms with Crippen molar-refractivity contribution in [3.8, 4) is 11.5 Å². The molecule has 0 aliphatic carbocycles. The van der Waals surface area contributed by atoms with E-state index in [0.29, 0.717) is 6.79 Å². The van der Waals surface area contributed by atoms with Crippen LogP contribution in [0, 0.1) is 0 Å². The highest BCUT2D eigenvalue weighted by Crippen LogP contribution is 2.37. The Hall–Kier alpha value is -0.390. The molecule has 0 radical (unpaired) electrons. The van der Waals surface area contributed by atoms with Crippen molar-refractivity contribution in [2.75, 3.05) is 19.2 Å². The Balaban J connectivity index is 2.10. The Morgan fingerprint density at radius 2 is 2.07 bits per heavy atom. The second-order valence-corrected chi connectivity index (χ2v) is 5.03. The molecular weight excluding hydrogens is 280 g/mol. The van der Waals surface area contributed by atoms with Gasteiger partial charge >= 0.3 is 0 Å². The van der Waals surface area contributed by atoms with Crippen LogP contribution in [0.2, 0.25) is 0 Å². The molecule has 0 unspecified atom stereocenters. The molecule has 0 fully saturated rings. The van der Waals surface area contributed by atoms with Gasteiger partial charge in [-0.15, -0.1) is 0 Å². The summed E-state index contributed by atoms with van der Waals surface area (Å²) in [6, 6.07) is 3.91. The Bertz CT molecular complexity index is 357. The molecular formula is C10H11BrO3S. The summed E-state index contributed by atoms with van der Waals surface area (Å²) in [5.74, 6) is 3.20. The Labute approximate surface area is 101 Å². The maximum absolute atomic E-state index is 8.69. The van der Waals surface area contributed by atoms with Crippen molar-refractivity contribution in [1.82, 2.24) is 0 Å². The average Bonchev–Trinajstić information content (AvgIpc) is 2.65. The molecule has 1 N–H and O–H groups in total. The number of benzene rings is 1. The van der Waals surface area contributed by atoms with E-state index < -0.39 is 0 Å². The molecule has 0 amide bonds. The molecule has 5 heteroatoms. The van der Waals surface area contributed by atoms with Gasteiger partial charge in [-0.3, -0.25) is 0 Å². The monoisotopic (exact) mass is 290 g/mol. The minimum Gasteiger partial charge on any atom is -0.454 e. The highest BCUT2D eigenvalue weighted by Gasteiger charge is 2.15. The highest BCUT2D eigenvalue weighted by atomic mass is 79.9. The van der Waals surface area contributed by atoms with Crippen molar-refractivity contribution in [2.24, 2.45) is 0 Å². The van der Waals surface area contributed by atoms with Crippen LogP contribution in [-0.4, -0.2) is 24.3 Å². The third kappa shape index (κ3) is 2.59. The lowest BCUT2D eigenvalue weighted by Gasteiger charge is -2.05. The summed E-state index contributed by atoms with van der Waals surface area (Å²) in [7, 11) is 0. The SMILES string of the molecule is OCCSCc1cc2c(cc1Br)OCO2. The lowest BCUT2D eigenvalue weighted by Crippen LogP contribution is -1.93. The third-order valence-electron chi connectivity index (χ3n) is 2.03. The summed E-state index contributed by atoms with van der Waals surface area (Å²) in [4.78, 5) is 0. The molecule has 0 atom stereocenters. The first-order valence-corrected chi connectivity index (χ1v) is 6.52. The van der Waals surface area contributed by atoms with Crippen LogP contribution in [0.15, 0.2) is 16.6 Å². The summed E-state index contributed by atoms with van der Waals surface area (Å²) >= 11 is 5.18. The number of fused-ring (bicyclic) bond motifs is 1. The Morgan fingerprint density at radius 3 is 2.80 bits per heavy atom. The number of rotatable bonds is 4. The molecule has 2 rings (SSSR count). The zero-order valence-electron chi connectivity index (χ0n) is 8.03. The standard InChI is InChI=1S/C10H11BrO3S/c11-8-4-10-9(13-6-14-10)3-7(8)5-15-2-1-12/h3-4,12H,1-2,5-6H2. The number of aliphatic hydroxyl groups is 1. The predicted octanol–water partition coefficient (Wildman–Crippen LogP) is 2.40. The fraction of sp³-hybridized carbons (Fsp3) is 0.400. The molecule has 0 saturated heterocycles. The summed E-state index contributed by atoms with van der Waals surface area (Å²) < 4.78 is 11.6. The molecule has 1 aromatic carbocycles. The zero-order chi connectivity index (χ0) is 10.7. The number of aliphatic hydroxyl groups excluding tert-OH is 1. The van der Waals surface area contributed by atoms with Gasteiger partial charge in [0.1, 0.15) is 0 Å². The van der Waals surface area contributed by atoms with E-state index in [0.717, 1.165) is 33.0 Å². The van der Waals surface area contributed by atoms with Gasteiger partial charge in [0.05, 0.1) is 6.61 Å². The number of hydrogen-bond donors (Lipinski definition) is 1. The van der Waals surface area contributed by atoms with Crippen LogP contribution >= 0.6 is 27.7 Å². The van der Waals surface area contributed by atoms with E-state index in [4.69, 9.17) is 14.6 Å². The van der Waals surface area contributed by atoms with Crippen molar-refractivity contribution in [2.45, 2.75) is 5.75 Å². The van der Waals surface area contributed by atoms with Gasteiger partial charge in [-0.25, -0.2) is 0 Å². The highest BCUT2D eigenvalue weighted by molar-refractivity contribution is 9.10. The summed E-state index contributed by atoms with van der Waals surface area (Å²) in [5, 5.41) is 8.69. The summed E-state index contributed by atoms with van der Waals surface area (Å²) in [6.07, 6.45) is 0. The van der Waals surface area contributed by atoms with Gasteiger partial charge < -0.3 is 14.6 Å². The average molecular weight is 291 g/mol. The largest absolute Gasteiger partial charge is 0.454 e. The molecule has 1 heterocycles. The smallest absolute Gasteiger partial charge is 0.231 e. The van der Waals surface area contributed by atoms with Crippen molar-refractivity contribution in [3.63, 3.8) is 0 Å². The number of hydrogen-bond acceptors (Lipinski definition) is 4. The van der Waals surface area contributed by atoms with E-state index >= 15 is 0 Å². The molecule has 1 aliphatic heterocycles. The maximum Gasteiger partial charge on any atom is 0.231 e. The molecule has 0 bridgehead atoms. The van der Waals surface area contributed by atoms with Crippen LogP contribution in [0.25, 0.3) is 0 Å². The van der Waals surface area contributed by atoms with Gasteiger partial charge in [0.15, 0.2) is 11.5 Å². The predicted molar refractivity (Wildman–Crippen MR) is 63.5 cm³/mol. The quantitative estimate of drug-likeness (QED) is 0.865. The third-order valence-corrected chi connectivity index (χ3v) is 3.76. The van der Waals surface area contributed by atoms with Crippen molar-refractivity contribution in [3.05, 3.63) is 22.2 Å². The number of ether oxygens (including phenoxy) is 2. The fourth-order valence-corrected chi connectivity index (χ4v) is 2.70. The normalized spacial score (nSPS) is 13.2. The van der Waals surface area contributed by atoms with Crippen molar-refractivity contribution >= 4 is 27.7 Å². The molecule has 3 nitrogen and oxygen atoms in total. The van der Waals surface area contributed by atoms with Gasteiger partial charge in [0, 0.05) is 16.0 Å². The molecule has 1 aliphatic rings. The molecule has 0 saturated carbocycles. The van der Waals surface area contributed by atoms with Gasteiger partial charge in [0.2, 0.25) is 6.79 Å². The van der Waals surface area contributed by atoms with Crippen LogP contribution in [0.1, 0.15) is 5.56 Å². The van der Waals surface area contributed by atoms with E-state index in [1.165, 1.54) is 0 Å². The van der Waals surface area contributed by atoms with Crippen molar-refractivity contribution in [1.29, 1.82) is 0 Å². The molecule has 15 heavy (non-hydrogen) atoms. The van der Waals surface area contributed by atoms with Crippen LogP contribution < -0.4 is 9.47 Å². The fourth-order valence-electron chi connectivity index (χ4n) is 1.32. The lowest BCUT2D eigenvalue weighted by atomic mass is 10.2. The molecule has 0 spiro atoms. The van der Waals surface area contributed by atoms with E-state index in [9.17, 15) is 0 Å².